The first kappa shape index (κ1) is 27.5. The minimum Gasteiger partial charge on any atom is -0.496 e. The van der Waals surface area contributed by atoms with Crippen LogP contribution in [-0.4, -0.2) is 73.0 Å². The number of para-hydroxylation sites is 2. The van der Waals surface area contributed by atoms with Crippen molar-refractivity contribution in [2.24, 2.45) is 0 Å². The highest BCUT2D eigenvalue weighted by Gasteiger charge is 2.54. The van der Waals surface area contributed by atoms with Crippen LogP contribution >= 0.6 is 11.6 Å². The number of carbonyl (C=O) groups is 3. The number of amides is 3. The van der Waals surface area contributed by atoms with E-state index in [0.29, 0.717) is 56.2 Å². The van der Waals surface area contributed by atoms with E-state index in [4.69, 9.17) is 16.3 Å². The third-order valence-corrected chi connectivity index (χ3v) is 8.14. The smallest absolute Gasteiger partial charge is 0.255 e. The van der Waals surface area contributed by atoms with Gasteiger partial charge in [0.15, 0.2) is 0 Å². The summed E-state index contributed by atoms with van der Waals surface area (Å²) in [6, 6.07) is 24.5. The average Bonchev–Trinajstić information content (AvgIpc) is 3.24. The molecule has 1 N–H and O–H groups in total. The topological polar surface area (TPSA) is 82.2 Å². The molecule has 0 unspecified atom stereocenters. The molecule has 0 radical (unpaired) electrons. The lowest BCUT2D eigenvalue weighted by atomic mass is 9.85. The number of halogens is 1. The molecule has 0 aliphatic carbocycles. The van der Waals surface area contributed by atoms with Crippen LogP contribution in [-0.2, 0) is 16.0 Å². The van der Waals surface area contributed by atoms with Crippen molar-refractivity contribution in [3.63, 3.8) is 0 Å². The minimum atomic E-state index is -0.823. The van der Waals surface area contributed by atoms with E-state index in [1.165, 1.54) is 0 Å². The van der Waals surface area contributed by atoms with E-state index in [9.17, 15) is 14.4 Å². The fourth-order valence-electron chi connectivity index (χ4n) is 5.68. The van der Waals surface area contributed by atoms with E-state index < -0.39 is 5.54 Å². The van der Waals surface area contributed by atoms with Gasteiger partial charge >= 0.3 is 0 Å². The molecule has 2 aliphatic rings. The highest BCUT2D eigenvalue weighted by atomic mass is 35.5. The number of anilines is 1. The van der Waals surface area contributed by atoms with Gasteiger partial charge in [-0.3, -0.25) is 14.4 Å². The van der Waals surface area contributed by atoms with Gasteiger partial charge in [0.1, 0.15) is 17.8 Å². The summed E-state index contributed by atoms with van der Waals surface area (Å²) in [4.78, 5) is 45.5. The Morgan fingerprint density at radius 2 is 1.62 bits per heavy atom. The van der Waals surface area contributed by atoms with Gasteiger partial charge in [-0.25, -0.2) is 0 Å². The number of methoxy groups -OCH3 is 1. The van der Waals surface area contributed by atoms with Crippen molar-refractivity contribution in [2.45, 2.75) is 24.8 Å². The molecular formula is C31H33ClN4O4. The molecule has 0 aromatic heterocycles. The van der Waals surface area contributed by atoms with Gasteiger partial charge in [0, 0.05) is 25.3 Å². The molecule has 5 rings (SSSR count). The second-order valence-electron chi connectivity index (χ2n) is 10.1. The van der Waals surface area contributed by atoms with E-state index in [1.807, 2.05) is 54.6 Å². The summed E-state index contributed by atoms with van der Waals surface area (Å²) >= 11 is 6.28. The Morgan fingerprint density at radius 1 is 0.950 bits per heavy atom. The van der Waals surface area contributed by atoms with Crippen LogP contribution in [0.15, 0.2) is 78.9 Å². The van der Waals surface area contributed by atoms with Crippen LogP contribution < -0.4 is 15.0 Å². The predicted molar refractivity (Wildman–Crippen MR) is 155 cm³/mol. The summed E-state index contributed by atoms with van der Waals surface area (Å²) < 4.78 is 5.39. The maximum absolute atomic E-state index is 13.9. The predicted octanol–water partition coefficient (Wildman–Crippen LogP) is 3.99. The summed E-state index contributed by atoms with van der Waals surface area (Å²) in [5.41, 5.74) is 1.57. The third-order valence-electron chi connectivity index (χ3n) is 7.81. The van der Waals surface area contributed by atoms with E-state index in [2.05, 4.69) is 10.2 Å². The van der Waals surface area contributed by atoms with E-state index in [1.54, 1.807) is 41.2 Å². The molecular weight excluding hydrogens is 528 g/mol. The van der Waals surface area contributed by atoms with Crippen LogP contribution in [0.5, 0.6) is 5.75 Å². The van der Waals surface area contributed by atoms with Crippen LogP contribution in [0, 0.1) is 0 Å². The number of hydrogen-bond donors (Lipinski definition) is 1. The van der Waals surface area contributed by atoms with Crippen molar-refractivity contribution in [3.8, 4) is 5.75 Å². The average molecular weight is 561 g/mol. The first-order chi connectivity index (χ1) is 19.4. The van der Waals surface area contributed by atoms with Crippen molar-refractivity contribution in [1.29, 1.82) is 0 Å². The Hall–Kier alpha value is -4.04. The van der Waals surface area contributed by atoms with Gasteiger partial charge < -0.3 is 24.8 Å². The lowest BCUT2D eigenvalue weighted by Crippen LogP contribution is -2.57. The lowest BCUT2D eigenvalue weighted by Gasteiger charge is -2.43. The number of ether oxygens (including phenoxy) is 1. The van der Waals surface area contributed by atoms with Crippen LogP contribution in [0.3, 0.4) is 0 Å². The van der Waals surface area contributed by atoms with Crippen molar-refractivity contribution < 1.29 is 19.1 Å². The van der Waals surface area contributed by atoms with Crippen LogP contribution in [0.2, 0.25) is 5.02 Å². The molecule has 9 heteroatoms. The molecule has 8 nitrogen and oxygen atoms in total. The highest BCUT2D eigenvalue weighted by Crippen LogP contribution is 2.39. The number of likely N-dealkylation sites (tertiary alicyclic amines) is 1. The largest absolute Gasteiger partial charge is 0.496 e. The number of piperidine rings is 1. The maximum Gasteiger partial charge on any atom is 0.255 e. The van der Waals surface area contributed by atoms with E-state index >= 15 is 0 Å². The van der Waals surface area contributed by atoms with E-state index in [-0.39, 0.29) is 24.3 Å². The molecule has 2 heterocycles. The Morgan fingerprint density at radius 3 is 2.35 bits per heavy atom. The van der Waals surface area contributed by atoms with Crippen molar-refractivity contribution >= 4 is 35.0 Å². The second-order valence-corrected chi connectivity index (χ2v) is 10.5. The van der Waals surface area contributed by atoms with Gasteiger partial charge in [0.25, 0.3) is 11.8 Å². The zero-order valence-electron chi connectivity index (χ0n) is 22.5. The summed E-state index contributed by atoms with van der Waals surface area (Å²) in [7, 11) is 1.63. The Bertz CT molecular complexity index is 1370. The fraction of sp³-hybridized carbons (Fsp3) is 0.323. The number of benzene rings is 3. The molecule has 0 saturated carbocycles. The first-order valence-corrected chi connectivity index (χ1v) is 13.9. The molecule has 1 spiro atoms. The SMILES string of the molecule is COc1ccccc1CCNC(=O)CN1CN(c2ccccc2)C2(CCN(C(=O)c3ccccc3Cl)CC2)C1=O. The second kappa shape index (κ2) is 12.0. The molecule has 3 aromatic rings. The normalized spacial score (nSPS) is 16.4. The fourth-order valence-corrected chi connectivity index (χ4v) is 5.90. The Kier molecular flexibility index (Phi) is 8.26. The Balaban J connectivity index is 1.27. The van der Waals surface area contributed by atoms with Crippen LogP contribution in [0.25, 0.3) is 0 Å². The number of carbonyl (C=O) groups excluding carboxylic acids is 3. The highest BCUT2D eigenvalue weighted by molar-refractivity contribution is 6.33. The van der Waals surface area contributed by atoms with Gasteiger partial charge in [-0.05, 0) is 55.2 Å². The zero-order valence-corrected chi connectivity index (χ0v) is 23.3. The van der Waals surface area contributed by atoms with Crippen molar-refractivity contribution in [1.82, 2.24) is 15.1 Å². The van der Waals surface area contributed by atoms with Crippen molar-refractivity contribution in [2.75, 3.05) is 44.9 Å². The van der Waals surface area contributed by atoms with E-state index in [0.717, 1.165) is 17.0 Å². The van der Waals surface area contributed by atoms with Crippen LogP contribution in [0.4, 0.5) is 5.69 Å². The molecule has 2 saturated heterocycles. The van der Waals surface area contributed by atoms with Gasteiger partial charge in [-0.1, -0.05) is 60.1 Å². The zero-order chi connectivity index (χ0) is 28.1. The van der Waals surface area contributed by atoms with Gasteiger partial charge in [-0.15, -0.1) is 0 Å². The van der Waals surface area contributed by atoms with Crippen molar-refractivity contribution in [3.05, 3.63) is 95.0 Å². The molecule has 0 bridgehead atoms. The summed E-state index contributed by atoms with van der Waals surface area (Å²) in [6.07, 6.45) is 1.55. The minimum absolute atomic E-state index is 0.0297. The molecule has 3 aromatic carbocycles. The molecule has 0 atom stereocenters. The summed E-state index contributed by atoms with van der Waals surface area (Å²) in [5, 5.41) is 3.36. The number of nitrogens with zero attached hydrogens (tertiary/aromatic N) is 3. The number of nitrogens with one attached hydrogen (secondary N) is 1. The molecule has 3 amide bonds. The monoisotopic (exact) mass is 560 g/mol. The molecule has 40 heavy (non-hydrogen) atoms. The summed E-state index contributed by atoms with van der Waals surface area (Å²) in [5.74, 6) is 0.357. The molecule has 2 fully saturated rings. The van der Waals surface area contributed by atoms with Gasteiger partial charge in [-0.2, -0.15) is 0 Å². The Labute approximate surface area is 239 Å². The third kappa shape index (κ3) is 5.49. The molecule has 2 aliphatic heterocycles. The lowest BCUT2D eigenvalue weighted by molar-refractivity contribution is -0.137. The maximum atomic E-state index is 13.9. The number of hydrogen-bond acceptors (Lipinski definition) is 5. The van der Waals surface area contributed by atoms with Crippen LogP contribution in [0.1, 0.15) is 28.8 Å². The molecule has 208 valence electrons. The summed E-state index contributed by atoms with van der Waals surface area (Å²) in [6.45, 7) is 1.55. The van der Waals surface area contributed by atoms with Gasteiger partial charge in [0.2, 0.25) is 5.91 Å². The number of rotatable bonds is 8. The quantitative estimate of drug-likeness (QED) is 0.450. The standard InChI is InChI=1S/C31H33ClN4O4/c1-40-27-14-8-5-9-23(27)15-18-33-28(37)21-35-22-36(24-10-3-2-4-11-24)31(30(35)39)16-19-34(20-17-31)29(38)25-12-6-7-13-26(25)32/h2-14H,15-22H2,1H3,(H,33,37). The first-order valence-electron chi connectivity index (χ1n) is 13.5. The van der Waals surface area contributed by atoms with Gasteiger partial charge in [0.05, 0.1) is 24.4 Å².